The van der Waals surface area contributed by atoms with Crippen molar-refractivity contribution >= 4 is 17.6 Å². The number of carboxylic acids is 1. The van der Waals surface area contributed by atoms with Crippen LogP contribution < -0.4 is 10.9 Å². The van der Waals surface area contributed by atoms with Gasteiger partial charge in [0.15, 0.2) is 5.69 Å². The van der Waals surface area contributed by atoms with Crippen molar-refractivity contribution < 1.29 is 9.90 Å². The Bertz CT molecular complexity index is 889. The fraction of sp³-hybridized carbons (Fsp3) is 0. The average Bonchev–Trinajstić information content (AvgIpc) is 2.56. The van der Waals surface area contributed by atoms with E-state index in [-0.39, 0.29) is 22.8 Å². The van der Waals surface area contributed by atoms with Crippen LogP contribution in [0.1, 0.15) is 10.4 Å². The van der Waals surface area contributed by atoms with E-state index in [1.807, 2.05) is 18.2 Å². The fourth-order valence-electron chi connectivity index (χ4n) is 2.01. The first-order chi connectivity index (χ1) is 11.1. The van der Waals surface area contributed by atoms with E-state index in [1.165, 1.54) is 12.1 Å². The van der Waals surface area contributed by atoms with Gasteiger partial charge in [0.25, 0.3) is 5.56 Å². The molecule has 0 amide bonds. The Kier molecular flexibility index (Phi) is 3.84. The van der Waals surface area contributed by atoms with Gasteiger partial charge in [-0.3, -0.25) is 9.78 Å². The lowest BCUT2D eigenvalue weighted by molar-refractivity contribution is 0.0697. The Morgan fingerprint density at radius 2 is 1.70 bits per heavy atom. The van der Waals surface area contributed by atoms with Crippen molar-refractivity contribution in [3.63, 3.8) is 0 Å². The standard InChI is InChI=1S/C16H12N4O3/c21-14-13(10-4-2-1-3-5-10)19-20-16(18-14)17-12-8-6-11(7-9-12)15(22)23/h1-9H,(H,22,23)(H2,17,18,20,21). The van der Waals surface area contributed by atoms with Crippen LogP contribution in [0.3, 0.4) is 0 Å². The lowest BCUT2D eigenvalue weighted by Gasteiger charge is -2.05. The number of nitrogens with zero attached hydrogens (tertiary/aromatic N) is 2. The number of aromatic amines is 1. The molecule has 0 unspecified atom stereocenters. The summed E-state index contributed by atoms with van der Waals surface area (Å²) in [5.74, 6) is -0.824. The molecule has 3 N–H and O–H groups in total. The summed E-state index contributed by atoms with van der Waals surface area (Å²) in [6.45, 7) is 0. The van der Waals surface area contributed by atoms with E-state index in [9.17, 15) is 9.59 Å². The minimum Gasteiger partial charge on any atom is -0.478 e. The highest BCUT2D eigenvalue weighted by molar-refractivity contribution is 5.88. The molecule has 1 heterocycles. The highest BCUT2D eigenvalue weighted by Gasteiger charge is 2.07. The minimum absolute atomic E-state index is 0.176. The molecular formula is C16H12N4O3. The number of anilines is 2. The Morgan fingerprint density at radius 1 is 1.00 bits per heavy atom. The number of H-pyrrole nitrogens is 1. The van der Waals surface area contributed by atoms with E-state index in [2.05, 4.69) is 20.5 Å². The van der Waals surface area contributed by atoms with Gasteiger partial charge in [0, 0.05) is 11.3 Å². The maximum Gasteiger partial charge on any atom is 0.335 e. The summed E-state index contributed by atoms with van der Waals surface area (Å²) in [4.78, 5) is 25.5. The van der Waals surface area contributed by atoms with Crippen molar-refractivity contribution in [1.29, 1.82) is 0 Å². The molecule has 3 aromatic rings. The summed E-state index contributed by atoms with van der Waals surface area (Å²) in [5, 5.41) is 19.6. The van der Waals surface area contributed by atoms with Crippen molar-refractivity contribution in [2.45, 2.75) is 0 Å². The SMILES string of the molecule is O=C(O)c1ccc(Nc2nnc(-c3ccccc3)c(=O)[nH]2)cc1. The normalized spacial score (nSPS) is 10.3. The molecule has 1 aromatic heterocycles. The van der Waals surface area contributed by atoms with Crippen molar-refractivity contribution in [3.8, 4) is 11.3 Å². The van der Waals surface area contributed by atoms with Crippen LogP contribution in [-0.4, -0.2) is 26.3 Å². The van der Waals surface area contributed by atoms with E-state index in [0.29, 0.717) is 11.3 Å². The van der Waals surface area contributed by atoms with E-state index >= 15 is 0 Å². The number of carboxylic acid groups (broad SMARTS) is 1. The molecule has 0 radical (unpaired) electrons. The van der Waals surface area contributed by atoms with Gasteiger partial charge < -0.3 is 10.4 Å². The lowest BCUT2D eigenvalue weighted by atomic mass is 10.2. The van der Waals surface area contributed by atoms with Gasteiger partial charge in [-0.25, -0.2) is 4.79 Å². The quantitative estimate of drug-likeness (QED) is 0.682. The summed E-state index contributed by atoms with van der Waals surface area (Å²) in [6, 6.07) is 15.1. The van der Waals surface area contributed by atoms with Crippen LogP contribution in [0.4, 0.5) is 11.6 Å². The molecule has 7 nitrogen and oxygen atoms in total. The summed E-state index contributed by atoms with van der Waals surface area (Å²) in [6.07, 6.45) is 0. The molecule has 0 saturated carbocycles. The van der Waals surface area contributed by atoms with Crippen LogP contribution in [0.2, 0.25) is 0 Å². The molecule has 0 aliphatic heterocycles. The molecule has 2 aromatic carbocycles. The molecule has 23 heavy (non-hydrogen) atoms. The van der Waals surface area contributed by atoms with Gasteiger partial charge in [0.05, 0.1) is 5.56 Å². The molecule has 0 spiro atoms. The first kappa shape index (κ1) is 14.5. The smallest absolute Gasteiger partial charge is 0.335 e. The van der Waals surface area contributed by atoms with E-state index in [4.69, 9.17) is 5.11 Å². The van der Waals surface area contributed by atoms with Gasteiger partial charge in [-0.2, -0.15) is 0 Å². The van der Waals surface area contributed by atoms with Crippen LogP contribution in [0.15, 0.2) is 59.4 Å². The molecule has 114 valence electrons. The van der Waals surface area contributed by atoms with Crippen LogP contribution in [0.5, 0.6) is 0 Å². The number of hydrogen-bond acceptors (Lipinski definition) is 5. The highest BCUT2D eigenvalue weighted by atomic mass is 16.4. The number of benzene rings is 2. The van der Waals surface area contributed by atoms with Crippen LogP contribution in [0, 0.1) is 0 Å². The van der Waals surface area contributed by atoms with Crippen molar-refractivity contribution in [2.75, 3.05) is 5.32 Å². The summed E-state index contributed by atoms with van der Waals surface area (Å²) in [5.41, 5.74) is 1.31. The number of rotatable bonds is 4. The maximum absolute atomic E-state index is 12.1. The topological polar surface area (TPSA) is 108 Å². The number of hydrogen-bond donors (Lipinski definition) is 3. The average molecular weight is 308 g/mol. The Balaban J connectivity index is 1.83. The van der Waals surface area contributed by atoms with E-state index in [0.717, 1.165) is 0 Å². The van der Waals surface area contributed by atoms with Gasteiger partial charge in [-0.05, 0) is 24.3 Å². The number of aromatic carboxylic acids is 1. The molecular weight excluding hydrogens is 296 g/mol. The largest absolute Gasteiger partial charge is 0.478 e. The van der Waals surface area contributed by atoms with E-state index < -0.39 is 5.97 Å². The molecule has 0 atom stereocenters. The molecule has 0 fully saturated rings. The van der Waals surface area contributed by atoms with Crippen molar-refractivity contribution in [1.82, 2.24) is 15.2 Å². The zero-order chi connectivity index (χ0) is 16.2. The predicted octanol–water partition coefficient (Wildman–Crippen LogP) is 2.27. The zero-order valence-electron chi connectivity index (χ0n) is 11.9. The van der Waals surface area contributed by atoms with Crippen LogP contribution in [0.25, 0.3) is 11.3 Å². The third kappa shape index (κ3) is 3.24. The van der Waals surface area contributed by atoms with Crippen molar-refractivity contribution in [2.24, 2.45) is 0 Å². The molecule has 0 aliphatic rings. The van der Waals surface area contributed by atoms with Gasteiger partial charge >= 0.3 is 5.97 Å². The second-order valence-electron chi connectivity index (χ2n) is 4.72. The van der Waals surface area contributed by atoms with Crippen molar-refractivity contribution in [3.05, 3.63) is 70.5 Å². The summed E-state index contributed by atoms with van der Waals surface area (Å²) >= 11 is 0. The third-order valence-corrected chi connectivity index (χ3v) is 3.14. The number of carbonyl (C=O) groups is 1. The number of nitrogens with one attached hydrogen (secondary N) is 2. The zero-order valence-corrected chi connectivity index (χ0v) is 11.9. The molecule has 3 rings (SSSR count). The molecule has 7 heteroatoms. The van der Waals surface area contributed by atoms with Gasteiger partial charge in [-0.15, -0.1) is 10.2 Å². The van der Waals surface area contributed by atoms with Gasteiger partial charge in [0.2, 0.25) is 5.95 Å². The third-order valence-electron chi connectivity index (χ3n) is 3.14. The second-order valence-corrected chi connectivity index (χ2v) is 4.72. The summed E-state index contributed by atoms with van der Waals surface area (Å²) < 4.78 is 0. The Labute approximate surface area is 130 Å². The monoisotopic (exact) mass is 308 g/mol. The van der Waals surface area contributed by atoms with Gasteiger partial charge in [0.1, 0.15) is 0 Å². The maximum atomic E-state index is 12.1. The first-order valence-corrected chi connectivity index (χ1v) is 6.76. The van der Waals surface area contributed by atoms with E-state index in [1.54, 1.807) is 24.3 Å². The minimum atomic E-state index is -1.00. The fourth-order valence-corrected chi connectivity index (χ4v) is 2.01. The molecule has 0 aliphatic carbocycles. The Morgan fingerprint density at radius 3 is 2.30 bits per heavy atom. The van der Waals surface area contributed by atoms with Crippen LogP contribution in [-0.2, 0) is 0 Å². The summed E-state index contributed by atoms with van der Waals surface area (Å²) in [7, 11) is 0. The van der Waals surface area contributed by atoms with Crippen LogP contribution >= 0.6 is 0 Å². The predicted molar refractivity (Wildman–Crippen MR) is 84.8 cm³/mol. The highest BCUT2D eigenvalue weighted by Crippen LogP contribution is 2.14. The molecule has 0 bridgehead atoms. The molecule has 0 saturated heterocycles. The van der Waals surface area contributed by atoms with Gasteiger partial charge in [-0.1, -0.05) is 30.3 Å². The lowest BCUT2D eigenvalue weighted by Crippen LogP contribution is -2.15. The number of aromatic nitrogens is 3. The first-order valence-electron chi connectivity index (χ1n) is 6.76. The Hall–Kier alpha value is -3.48. The second kappa shape index (κ2) is 6.10.